The lowest BCUT2D eigenvalue weighted by molar-refractivity contribution is -0.134. The quantitative estimate of drug-likeness (QED) is 0.571. The molecule has 0 radical (unpaired) electrons. The molecule has 3 aromatic rings. The van der Waals surface area contributed by atoms with Gasteiger partial charge in [-0.05, 0) is 41.7 Å². The van der Waals surface area contributed by atoms with E-state index >= 15 is 0 Å². The van der Waals surface area contributed by atoms with Crippen molar-refractivity contribution in [2.24, 2.45) is 0 Å². The Balaban J connectivity index is 1.31. The van der Waals surface area contributed by atoms with E-state index in [1.54, 1.807) is 6.92 Å². The lowest BCUT2D eigenvalue weighted by Gasteiger charge is -2.42. The number of benzene rings is 3. The maximum Gasteiger partial charge on any atom is 0.325 e. The standard InChI is InChI=1S/C27H27N3O3/c1-26(22-14-7-10-19-9-5-6-13-21(19)22)24(32)30(25(33)29-26)17-23(31)28-18-27(15-8-16-27)20-11-3-2-4-12-20/h2-7,9-14H,8,15-18H2,1H3,(H,28,31)(H,29,33). The summed E-state index contributed by atoms with van der Waals surface area (Å²) in [6.07, 6.45) is 3.15. The Labute approximate surface area is 193 Å². The van der Waals surface area contributed by atoms with Gasteiger partial charge >= 0.3 is 6.03 Å². The van der Waals surface area contributed by atoms with Crippen molar-refractivity contribution in [3.63, 3.8) is 0 Å². The number of hydrogen-bond donors (Lipinski definition) is 2. The van der Waals surface area contributed by atoms with Crippen LogP contribution in [0.4, 0.5) is 4.79 Å². The van der Waals surface area contributed by atoms with Gasteiger partial charge in [0.2, 0.25) is 5.91 Å². The van der Waals surface area contributed by atoms with Gasteiger partial charge in [-0.15, -0.1) is 0 Å². The van der Waals surface area contributed by atoms with Crippen LogP contribution in [-0.2, 0) is 20.5 Å². The van der Waals surface area contributed by atoms with Crippen LogP contribution in [0.5, 0.6) is 0 Å². The third-order valence-corrected chi connectivity index (χ3v) is 7.23. The van der Waals surface area contributed by atoms with Gasteiger partial charge in [-0.3, -0.25) is 14.5 Å². The maximum absolute atomic E-state index is 13.4. The number of hydrogen-bond acceptors (Lipinski definition) is 3. The van der Waals surface area contributed by atoms with Crippen LogP contribution < -0.4 is 10.6 Å². The van der Waals surface area contributed by atoms with Crippen LogP contribution in [0.3, 0.4) is 0 Å². The molecule has 2 aliphatic rings. The number of nitrogens with zero attached hydrogens (tertiary/aromatic N) is 1. The summed E-state index contributed by atoms with van der Waals surface area (Å²) in [6, 6.07) is 23.1. The fraction of sp³-hybridized carbons (Fsp3) is 0.296. The third-order valence-electron chi connectivity index (χ3n) is 7.23. The second-order valence-electron chi connectivity index (χ2n) is 9.25. The van der Waals surface area contributed by atoms with Gasteiger partial charge in [0.25, 0.3) is 5.91 Å². The minimum atomic E-state index is -1.22. The number of carbonyl (C=O) groups excluding carboxylic acids is 3. The van der Waals surface area contributed by atoms with Crippen LogP contribution in [0.2, 0.25) is 0 Å². The summed E-state index contributed by atoms with van der Waals surface area (Å²) in [7, 11) is 0. The number of imide groups is 1. The van der Waals surface area contributed by atoms with Gasteiger partial charge in [0.1, 0.15) is 12.1 Å². The van der Waals surface area contributed by atoms with E-state index < -0.39 is 17.5 Å². The van der Waals surface area contributed by atoms with Gasteiger partial charge in [0.15, 0.2) is 0 Å². The van der Waals surface area contributed by atoms with Crippen LogP contribution >= 0.6 is 0 Å². The molecule has 1 unspecified atom stereocenters. The van der Waals surface area contributed by atoms with Crippen molar-refractivity contribution in [1.29, 1.82) is 0 Å². The molecule has 1 saturated carbocycles. The fourth-order valence-corrected chi connectivity index (χ4v) is 5.11. The highest BCUT2D eigenvalue weighted by molar-refractivity contribution is 6.10. The number of carbonyl (C=O) groups is 3. The highest BCUT2D eigenvalue weighted by Gasteiger charge is 2.50. The molecule has 168 valence electrons. The Hall–Kier alpha value is -3.67. The molecular formula is C27H27N3O3. The van der Waals surface area contributed by atoms with E-state index in [2.05, 4.69) is 22.8 Å². The zero-order chi connectivity index (χ0) is 23.1. The molecule has 6 nitrogen and oxygen atoms in total. The van der Waals surface area contributed by atoms with Crippen LogP contribution in [0, 0.1) is 0 Å². The van der Waals surface area contributed by atoms with Gasteiger partial charge < -0.3 is 10.6 Å². The molecule has 1 heterocycles. The summed E-state index contributed by atoms with van der Waals surface area (Å²) in [5, 5.41) is 7.69. The van der Waals surface area contributed by atoms with Crippen molar-refractivity contribution < 1.29 is 14.4 Å². The molecule has 1 aliphatic carbocycles. The van der Waals surface area contributed by atoms with Crippen molar-refractivity contribution in [3.8, 4) is 0 Å². The molecule has 1 aliphatic heterocycles. The van der Waals surface area contributed by atoms with E-state index in [1.807, 2.05) is 60.7 Å². The molecule has 4 amide bonds. The molecular weight excluding hydrogens is 414 g/mol. The first-order valence-electron chi connectivity index (χ1n) is 11.4. The van der Waals surface area contributed by atoms with Crippen molar-refractivity contribution >= 4 is 28.6 Å². The van der Waals surface area contributed by atoms with Crippen molar-refractivity contribution in [2.45, 2.75) is 37.1 Å². The average molecular weight is 442 g/mol. The average Bonchev–Trinajstić information content (AvgIpc) is 3.02. The maximum atomic E-state index is 13.4. The SMILES string of the molecule is CC1(c2cccc3ccccc23)NC(=O)N(CC(=O)NCC2(c3ccccc3)CCC2)C1=O. The van der Waals surface area contributed by atoms with Crippen molar-refractivity contribution in [1.82, 2.24) is 15.5 Å². The van der Waals surface area contributed by atoms with Crippen LogP contribution in [0.15, 0.2) is 72.8 Å². The second kappa shape index (κ2) is 8.03. The zero-order valence-corrected chi connectivity index (χ0v) is 18.6. The van der Waals surface area contributed by atoms with Crippen LogP contribution in [-0.4, -0.2) is 35.8 Å². The van der Waals surface area contributed by atoms with Crippen molar-refractivity contribution in [3.05, 3.63) is 83.9 Å². The predicted molar refractivity (Wildman–Crippen MR) is 127 cm³/mol. The first-order chi connectivity index (χ1) is 15.9. The molecule has 0 aromatic heterocycles. The minimum absolute atomic E-state index is 0.0638. The molecule has 33 heavy (non-hydrogen) atoms. The lowest BCUT2D eigenvalue weighted by atomic mass is 9.64. The molecule has 2 N–H and O–H groups in total. The van der Waals surface area contributed by atoms with Gasteiger partial charge in [-0.1, -0.05) is 79.2 Å². The van der Waals surface area contributed by atoms with Crippen LogP contribution in [0.25, 0.3) is 10.8 Å². The van der Waals surface area contributed by atoms with E-state index in [0.717, 1.165) is 40.5 Å². The molecule has 3 aromatic carbocycles. The summed E-state index contributed by atoms with van der Waals surface area (Å²) in [5.41, 5.74) is 0.651. The lowest BCUT2D eigenvalue weighted by Crippen LogP contribution is -2.49. The minimum Gasteiger partial charge on any atom is -0.354 e. The predicted octanol–water partition coefficient (Wildman–Crippen LogP) is 3.84. The summed E-state index contributed by atoms with van der Waals surface area (Å²) in [6.45, 7) is 1.90. The number of rotatable bonds is 6. The Morgan fingerprint density at radius 1 is 0.970 bits per heavy atom. The molecule has 1 atom stereocenters. The molecule has 0 spiro atoms. The zero-order valence-electron chi connectivity index (χ0n) is 18.6. The summed E-state index contributed by atoms with van der Waals surface area (Å²) in [4.78, 5) is 39.9. The number of fused-ring (bicyclic) bond motifs is 1. The monoisotopic (exact) mass is 441 g/mol. The molecule has 1 saturated heterocycles. The van der Waals surface area contributed by atoms with E-state index in [-0.39, 0.29) is 17.9 Å². The van der Waals surface area contributed by atoms with Gasteiger partial charge in [-0.2, -0.15) is 0 Å². The number of urea groups is 1. The van der Waals surface area contributed by atoms with Crippen LogP contribution in [0.1, 0.15) is 37.3 Å². The molecule has 2 fully saturated rings. The molecule has 5 rings (SSSR count). The summed E-state index contributed by atoms with van der Waals surface area (Å²) in [5.74, 6) is -0.747. The normalized spacial score (nSPS) is 21.5. The first-order valence-corrected chi connectivity index (χ1v) is 11.4. The number of nitrogens with one attached hydrogen (secondary N) is 2. The Morgan fingerprint density at radius 3 is 2.39 bits per heavy atom. The molecule has 6 heteroatoms. The number of amides is 4. The highest BCUT2D eigenvalue weighted by atomic mass is 16.2. The second-order valence-corrected chi connectivity index (χ2v) is 9.25. The third kappa shape index (κ3) is 3.55. The largest absolute Gasteiger partial charge is 0.354 e. The van der Waals surface area contributed by atoms with E-state index in [4.69, 9.17) is 0 Å². The topological polar surface area (TPSA) is 78.5 Å². The summed E-state index contributed by atoms with van der Waals surface area (Å²) < 4.78 is 0. The smallest absolute Gasteiger partial charge is 0.325 e. The van der Waals surface area contributed by atoms with E-state index in [0.29, 0.717) is 6.54 Å². The Morgan fingerprint density at radius 2 is 1.67 bits per heavy atom. The van der Waals surface area contributed by atoms with E-state index in [9.17, 15) is 14.4 Å². The van der Waals surface area contributed by atoms with Crippen molar-refractivity contribution in [2.75, 3.05) is 13.1 Å². The highest BCUT2D eigenvalue weighted by Crippen LogP contribution is 2.43. The van der Waals surface area contributed by atoms with Gasteiger partial charge in [0, 0.05) is 12.0 Å². The molecule has 0 bridgehead atoms. The Bertz CT molecular complexity index is 1230. The first kappa shape index (κ1) is 21.2. The summed E-state index contributed by atoms with van der Waals surface area (Å²) >= 11 is 0. The Kier molecular flexibility index (Phi) is 5.16. The fourth-order valence-electron chi connectivity index (χ4n) is 5.11. The van der Waals surface area contributed by atoms with Gasteiger partial charge in [-0.25, -0.2) is 4.79 Å². The van der Waals surface area contributed by atoms with Gasteiger partial charge in [0.05, 0.1) is 0 Å². The van der Waals surface area contributed by atoms with E-state index in [1.165, 1.54) is 5.56 Å².